The number of nitrogens with zero attached hydrogens (tertiary/aromatic N) is 1. The lowest BCUT2D eigenvalue weighted by Crippen LogP contribution is -2.13. The third-order valence-corrected chi connectivity index (χ3v) is 2.33. The minimum absolute atomic E-state index is 0.0289. The molecule has 0 bridgehead atoms. The van der Waals surface area contributed by atoms with Crippen LogP contribution in [0.4, 0.5) is 5.69 Å². The number of hydrogen-bond donors (Lipinski definition) is 0. The Kier molecular flexibility index (Phi) is 5.52. The van der Waals surface area contributed by atoms with E-state index in [9.17, 15) is 14.9 Å². The van der Waals surface area contributed by atoms with Crippen molar-refractivity contribution in [2.75, 3.05) is 20.3 Å². The summed E-state index contributed by atoms with van der Waals surface area (Å²) in [6.07, 6.45) is 0. The Bertz CT molecular complexity index is 526. The number of carbonyl (C=O) groups excluding carboxylic acids is 1. The smallest absolute Gasteiger partial charge is 0.336 e. The average molecular weight is 281 g/mol. The zero-order valence-electron chi connectivity index (χ0n) is 11.3. The number of rotatable bonds is 7. The standard InChI is InChI=1S/C13H15NO6/c1-4-19-13(15)9(2)8-20-12-6-5-10(18-3)7-11(12)14(16)17/h5-7H,2,4,8H2,1,3H3. The predicted molar refractivity (Wildman–Crippen MR) is 70.9 cm³/mol. The largest absolute Gasteiger partial charge is 0.496 e. The van der Waals surface area contributed by atoms with E-state index in [0.29, 0.717) is 5.75 Å². The van der Waals surface area contributed by atoms with Gasteiger partial charge in [-0.25, -0.2) is 4.79 Å². The van der Waals surface area contributed by atoms with Gasteiger partial charge in [0.2, 0.25) is 0 Å². The molecule has 0 radical (unpaired) electrons. The van der Waals surface area contributed by atoms with Crippen molar-refractivity contribution in [2.45, 2.75) is 6.92 Å². The van der Waals surface area contributed by atoms with Gasteiger partial charge in [0, 0.05) is 0 Å². The van der Waals surface area contributed by atoms with Crippen LogP contribution in [0.3, 0.4) is 0 Å². The van der Waals surface area contributed by atoms with Gasteiger partial charge in [-0.2, -0.15) is 0 Å². The lowest BCUT2D eigenvalue weighted by atomic mass is 10.2. The van der Waals surface area contributed by atoms with Crippen molar-refractivity contribution >= 4 is 11.7 Å². The molecular weight excluding hydrogens is 266 g/mol. The maximum absolute atomic E-state index is 11.3. The normalized spacial score (nSPS) is 9.70. The van der Waals surface area contributed by atoms with Crippen molar-refractivity contribution in [3.63, 3.8) is 0 Å². The summed E-state index contributed by atoms with van der Waals surface area (Å²) < 4.78 is 14.9. The molecule has 0 fully saturated rings. The molecule has 1 rings (SSSR count). The fourth-order valence-electron chi connectivity index (χ4n) is 1.35. The van der Waals surface area contributed by atoms with Gasteiger partial charge in [-0.1, -0.05) is 6.58 Å². The third-order valence-electron chi connectivity index (χ3n) is 2.33. The highest BCUT2D eigenvalue weighted by atomic mass is 16.6. The fourth-order valence-corrected chi connectivity index (χ4v) is 1.35. The summed E-state index contributed by atoms with van der Waals surface area (Å²) in [6.45, 7) is 5.20. The summed E-state index contributed by atoms with van der Waals surface area (Å²) in [5.41, 5.74) is -0.169. The van der Waals surface area contributed by atoms with Crippen LogP contribution in [0.15, 0.2) is 30.4 Å². The maximum atomic E-state index is 11.3. The monoisotopic (exact) mass is 281 g/mol. The molecule has 20 heavy (non-hydrogen) atoms. The molecule has 0 aliphatic heterocycles. The van der Waals surface area contributed by atoms with E-state index in [0.717, 1.165) is 0 Å². The summed E-state index contributed by atoms with van der Waals surface area (Å²) in [5.74, 6) is -0.224. The van der Waals surface area contributed by atoms with Gasteiger partial charge in [0.15, 0.2) is 5.75 Å². The van der Waals surface area contributed by atoms with Crippen molar-refractivity contribution in [3.05, 3.63) is 40.5 Å². The van der Waals surface area contributed by atoms with Gasteiger partial charge < -0.3 is 14.2 Å². The summed E-state index contributed by atoms with van der Waals surface area (Å²) in [6, 6.07) is 4.16. The molecule has 0 unspecified atom stereocenters. The third kappa shape index (κ3) is 3.98. The van der Waals surface area contributed by atoms with Gasteiger partial charge in [-0.05, 0) is 19.1 Å². The fraction of sp³-hybridized carbons (Fsp3) is 0.308. The van der Waals surface area contributed by atoms with Crippen LogP contribution in [0.1, 0.15) is 6.92 Å². The van der Waals surface area contributed by atoms with Crippen molar-refractivity contribution in [1.29, 1.82) is 0 Å². The molecule has 108 valence electrons. The molecule has 0 heterocycles. The first-order valence-electron chi connectivity index (χ1n) is 5.79. The molecular formula is C13H15NO6. The zero-order valence-corrected chi connectivity index (χ0v) is 11.3. The summed E-state index contributed by atoms with van der Waals surface area (Å²) in [4.78, 5) is 21.7. The highest BCUT2D eigenvalue weighted by Crippen LogP contribution is 2.31. The van der Waals surface area contributed by atoms with Crippen LogP contribution in [0.5, 0.6) is 11.5 Å². The second-order valence-electron chi connectivity index (χ2n) is 3.70. The van der Waals surface area contributed by atoms with E-state index in [2.05, 4.69) is 6.58 Å². The van der Waals surface area contributed by atoms with E-state index in [-0.39, 0.29) is 30.2 Å². The summed E-state index contributed by atoms with van der Waals surface area (Å²) >= 11 is 0. The number of methoxy groups -OCH3 is 1. The van der Waals surface area contributed by atoms with E-state index >= 15 is 0 Å². The molecule has 7 nitrogen and oxygen atoms in total. The Labute approximate surface area is 115 Å². The van der Waals surface area contributed by atoms with Crippen molar-refractivity contribution in [1.82, 2.24) is 0 Å². The van der Waals surface area contributed by atoms with E-state index in [1.54, 1.807) is 6.92 Å². The summed E-state index contributed by atoms with van der Waals surface area (Å²) in [7, 11) is 1.40. The van der Waals surface area contributed by atoms with Gasteiger partial charge in [0.05, 0.1) is 30.3 Å². The SMILES string of the molecule is C=C(COc1ccc(OC)cc1[N+](=O)[O-])C(=O)OCC. The van der Waals surface area contributed by atoms with Gasteiger partial charge >= 0.3 is 11.7 Å². The van der Waals surface area contributed by atoms with Gasteiger partial charge in [0.1, 0.15) is 12.4 Å². The van der Waals surface area contributed by atoms with E-state index in [1.165, 1.54) is 25.3 Å². The Morgan fingerprint density at radius 2 is 2.15 bits per heavy atom. The van der Waals surface area contributed by atoms with Crippen LogP contribution in [-0.2, 0) is 9.53 Å². The summed E-state index contributed by atoms with van der Waals surface area (Å²) in [5, 5.41) is 10.9. The Morgan fingerprint density at radius 3 is 2.70 bits per heavy atom. The molecule has 0 spiro atoms. The first-order chi connectivity index (χ1) is 9.49. The molecule has 0 atom stereocenters. The van der Waals surface area contributed by atoms with Crippen molar-refractivity contribution in [2.24, 2.45) is 0 Å². The molecule has 0 N–H and O–H groups in total. The quantitative estimate of drug-likeness (QED) is 0.329. The number of hydrogen-bond acceptors (Lipinski definition) is 6. The number of benzene rings is 1. The minimum Gasteiger partial charge on any atom is -0.496 e. The molecule has 0 aromatic heterocycles. The average Bonchev–Trinajstić information content (AvgIpc) is 2.44. The van der Waals surface area contributed by atoms with E-state index in [4.69, 9.17) is 14.2 Å². The van der Waals surface area contributed by atoms with Crippen LogP contribution in [0.2, 0.25) is 0 Å². The number of ether oxygens (including phenoxy) is 3. The van der Waals surface area contributed by atoms with Gasteiger partial charge in [0.25, 0.3) is 0 Å². The lowest BCUT2D eigenvalue weighted by molar-refractivity contribution is -0.385. The molecule has 7 heteroatoms. The molecule has 0 saturated carbocycles. The zero-order chi connectivity index (χ0) is 15.1. The number of carbonyl (C=O) groups is 1. The van der Waals surface area contributed by atoms with Gasteiger partial charge in [-0.15, -0.1) is 0 Å². The number of nitro groups is 1. The van der Waals surface area contributed by atoms with Crippen LogP contribution in [0, 0.1) is 10.1 Å². The topological polar surface area (TPSA) is 87.9 Å². The van der Waals surface area contributed by atoms with Crippen LogP contribution < -0.4 is 9.47 Å². The predicted octanol–water partition coefficient (Wildman–Crippen LogP) is 2.10. The van der Waals surface area contributed by atoms with Crippen LogP contribution in [-0.4, -0.2) is 31.2 Å². The van der Waals surface area contributed by atoms with Crippen LogP contribution >= 0.6 is 0 Å². The first kappa shape index (κ1) is 15.5. The second kappa shape index (κ2) is 7.13. The van der Waals surface area contributed by atoms with E-state index < -0.39 is 10.9 Å². The molecule has 1 aromatic carbocycles. The first-order valence-corrected chi connectivity index (χ1v) is 5.79. The van der Waals surface area contributed by atoms with Crippen LogP contribution in [0.25, 0.3) is 0 Å². The highest BCUT2D eigenvalue weighted by Gasteiger charge is 2.18. The van der Waals surface area contributed by atoms with Gasteiger partial charge in [-0.3, -0.25) is 10.1 Å². The maximum Gasteiger partial charge on any atom is 0.336 e. The molecule has 0 amide bonds. The molecule has 0 saturated heterocycles. The second-order valence-corrected chi connectivity index (χ2v) is 3.70. The molecule has 0 aliphatic carbocycles. The lowest BCUT2D eigenvalue weighted by Gasteiger charge is -2.09. The number of esters is 1. The Hall–Kier alpha value is -2.57. The van der Waals surface area contributed by atoms with Crippen molar-refractivity contribution < 1.29 is 23.9 Å². The number of nitro benzene ring substituents is 1. The minimum atomic E-state index is -0.594. The Morgan fingerprint density at radius 1 is 1.45 bits per heavy atom. The highest BCUT2D eigenvalue weighted by molar-refractivity contribution is 5.88. The molecule has 0 aliphatic rings. The Balaban J connectivity index is 2.80. The van der Waals surface area contributed by atoms with Crippen molar-refractivity contribution in [3.8, 4) is 11.5 Å². The molecule has 1 aromatic rings. The van der Waals surface area contributed by atoms with E-state index in [1.807, 2.05) is 0 Å².